The van der Waals surface area contributed by atoms with Crippen LogP contribution >= 0.6 is 34.3 Å². The Kier molecular flexibility index (Phi) is 3.95. The monoisotopic (exact) mass is 336 g/mol. The smallest absolute Gasteiger partial charge is 0.273 e. The zero-order valence-electron chi connectivity index (χ0n) is 9.93. The fourth-order valence-corrected chi connectivity index (χ4v) is 4.92. The summed E-state index contributed by atoms with van der Waals surface area (Å²) >= 11 is 7.89. The van der Waals surface area contributed by atoms with Gasteiger partial charge < -0.3 is 0 Å². The highest BCUT2D eigenvalue weighted by molar-refractivity contribution is 7.94. The van der Waals surface area contributed by atoms with Gasteiger partial charge in [0.1, 0.15) is 9.90 Å². The largest absolute Gasteiger partial charge is 0.293 e. The number of nitrogens with one attached hydrogen (secondary N) is 1. The fourth-order valence-electron chi connectivity index (χ4n) is 1.21. The second-order valence-electron chi connectivity index (χ2n) is 3.72. The van der Waals surface area contributed by atoms with Crippen LogP contribution in [0.5, 0.6) is 0 Å². The molecule has 0 aromatic carbocycles. The van der Waals surface area contributed by atoms with E-state index < -0.39 is 10.0 Å². The molecule has 2 heterocycles. The predicted octanol–water partition coefficient (Wildman–Crippen LogP) is 3.17. The molecule has 0 unspecified atom stereocenters. The molecule has 5 nitrogen and oxygen atoms in total. The van der Waals surface area contributed by atoms with E-state index in [1.807, 2.05) is 0 Å². The number of hydrogen-bond acceptors (Lipinski definition) is 6. The minimum Gasteiger partial charge on any atom is -0.293 e. The van der Waals surface area contributed by atoms with Gasteiger partial charge in [-0.25, -0.2) is 13.4 Å². The molecule has 9 heteroatoms. The molecule has 0 saturated heterocycles. The van der Waals surface area contributed by atoms with Crippen LogP contribution < -0.4 is 4.72 Å². The molecule has 0 aliphatic rings. The third-order valence-corrected chi connectivity index (χ3v) is 6.44. The van der Waals surface area contributed by atoms with Gasteiger partial charge in [-0.3, -0.25) is 9.52 Å². The van der Waals surface area contributed by atoms with E-state index in [1.54, 1.807) is 6.92 Å². The highest BCUT2D eigenvalue weighted by Gasteiger charge is 2.20. The number of sulfonamides is 1. The standard InChI is InChI=1S/C10H9ClN2O3S3/c1-5-3-8(18-9(5)11)19(15,16)13-10-12-7(4-17-10)6(2)14/h3-4H,1-2H3,(H,12,13). The lowest BCUT2D eigenvalue weighted by molar-refractivity contribution is 0.101. The Bertz CT molecular complexity index is 714. The topological polar surface area (TPSA) is 76.1 Å². The van der Waals surface area contributed by atoms with Gasteiger partial charge in [-0.15, -0.1) is 22.7 Å². The molecular weight excluding hydrogens is 328 g/mol. The average Bonchev–Trinajstić information content (AvgIpc) is 2.87. The van der Waals surface area contributed by atoms with Crippen molar-refractivity contribution in [1.29, 1.82) is 0 Å². The quantitative estimate of drug-likeness (QED) is 0.870. The lowest BCUT2D eigenvalue weighted by Crippen LogP contribution is -2.11. The van der Waals surface area contributed by atoms with E-state index in [2.05, 4.69) is 9.71 Å². The second kappa shape index (κ2) is 5.20. The summed E-state index contributed by atoms with van der Waals surface area (Å²) in [6, 6.07) is 1.49. The van der Waals surface area contributed by atoms with Crippen molar-refractivity contribution >= 4 is 55.2 Å². The van der Waals surface area contributed by atoms with Crippen molar-refractivity contribution in [3.8, 4) is 0 Å². The number of rotatable bonds is 4. The summed E-state index contributed by atoms with van der Waals surface area (Å²) < 4.78 is 27.0. The maximum Gasteiger partial charge on any atom is 0.273 e. The van der Waals surface area contributed by atoms with Gasteiger partial charge in [-0.2, -0.15) is 0 Å². The molecule has 0 aliphatic heterocycles. The predicted molar refractivity (Wildman–Crippen MR) is 77.0 cm³/mol. The number of anilines is 1. The van der Waals surface area contributed by atoms with Gasteiger partial charge in [-0.1, -0.05) is 11.6 Å². The highest BCUT2D eigenvalue weighted by atomic mass is 35.5. The summed E-state index contributed by atoms with van der Waals surface area (Å²) in [4.78, 5) is 15.0. The molecule has 2 aromatic rings. The first kappa shape index (κ1) is 14.4. The van der Waals surface area contributed by atoms with Crippen molar-refractivity contribution < 1.29 is 13.2 Å². The maximum absolute atomic E-state index is 12.1. The van der Waals surface area contributed by atoms with Crippen LogP contribution in [-0.2, 0) is 10.0 Å². The molecule has 102 valence electrons. The van der Waals surface area contributed by atoms with Crippen LogP contribution in [0.1, 0.15) is 23.0 Å². The number of thiophene rings is 1. The van der Waals surface area contributed by atoms with Crippen LogP contribution in [0.2, 0.25) is 4.34 Å². The van der Waals surface area contributed by atoms with Gasteiger partial charge in [-0.05, 0) is 18.6 Å². The molecule has 0 radical (unpaired) electrons. The number of halogens is 1. The number of carbonyl (C=O) groups is 1. The van der Waals surface area contributed by atoms with Crippen molar-refractivity contribution in [3.05, 3.63) is 27.0 Å². The zero-order valence-corrected chi connectivity index (χ0v) is 13.1. The molecule has 0 amide bonds. The Hall–Kier alpha value is -0.960. The van der Waals surface area contributed by atoms with Crippen LogP contribution in [0, 0.1) is 6.92 Å². The van der Waals surface area contributed by atoms with Gasteiger partial charge in [0, 0.05) is 12.3 Å². The normalized spacial score (nSPS) is 11.5. The molecule has 0 spiro atoms. The van der Waals surface area contributed by atoms with Crippen LogP contribution in [0.4, 0.5) is 5.13 Å². The van der Waals surface area contributed by atoms with E-state index in [-0.39, 0.29) is 20.8 Å². The van der Waals surface area contributed by atoms with Gasteiger partial charge in [0.15, 0.2) is 10.9 Å². The van der Waals surface area contributed by atoms with Gasteiger partial charge in [0.25, 0.3) is 10.0 Å². The number of ketones is 1. The van der Waals surface area contributed by atoms with E-state index in [1.165, 1.54) is 18.4 Å². The first-order chi connectivity index (χ1) is 8.79. The summed E-state index contributed by atoms with van der Waals surface area (Å²) in [5.74, 6) is -0.211. The number of Topliss-reactive ketones (excluding diaryl/α,β-unsaturated/α-hetero) is 1. The molecule has 0 aliphatic carbocycles. The van der Waals surface area contributed by atoms with E-state index >= 15 is 0 Å². The summed E-state index contributed by atoms with van der Waals surface area (Å²) in [5.41, 5.74) is 0.943. The number of aryl methyl sites for hydroxylation is 1. The number of nitrogens with zero attached hydrogens (tertiary/aromatic N) is 1. The molecule has 2 aromatic heterocycles. The lowest BCUT2D eigenvalue weighted by Gasteiger charge is -2.01. The molecule has 2 rings (SSSR count). The molecule has 0 bridgehead atoms. The van der Waals surface area contributed by atoms with Crippen LogP contribution in [-0.4, -0.2) is 19.2 Å². The Morgan fingerprint density at radius 2 is 2.16 bits per heavy atom. The van der Waals surface area contributed by atoms with Crippen LogP contribution in [0.15, 0.2) is 15.7 Å². The number of carbonyl (C=O) groups excluding carboxylic acids is 1. The third kappa shape index (κ3) is 3.14. The fraction of sp³-hybridized carbons (Fsp3) is 0.200. The van der Waals surface area contributed by atoms with Gasteiger partial charge >= 0.3 is 0 Å². The Balaban J connectivity index is 2.28. The summed E-state index contributed by atoms with van der Waals surface area (Å²) in [7, 11) is -3.71. The van der Waals surface area contributed by atoms with Crippen LogP contribution in [0.3, 0.4) is 0 Å². The Morgan fingerprint density at radius 3 is 2.63 bits per heavy atom. The van der Waals surface area contributed by atoms with Crippen molar-refractivity contribution in [1.82, 2.24) is 4.98 Å². The maximum atomic E-state index is 12.1. The van der Waals surface area contributed by atoms with Crippen LogP contribution in [0.25, 0.3) is 0 Å². The molecule has 1 N–H and O–H groups in total. The first-order valence-electron chi connectivity index (χ1n) is 5.05. The van der Waals surface area contributed by atoms with E-state index in [0.29, 0.717) is 9.90 Å². The summed E-state index contributed by atoms with van der Waals surface area (Å²) in [6.07, 6.45) is 0. The molecule has 19 heavy (non-hydrogen) atoms. The van der Waals surface area contributed by atoms with Crippen molar-refractivity contribution in [3.63, 3.8) is 0 Å². The van der Waals surface area contributed by atoms with Gasteiger partial charge in [0.2, 0.25) is 0 Å². The van der Waals surface area contributed by atoms with Crippen molar-refractivity contribution in [2.24, 2.45) is 0 Å². The van der Waals surface area contributed by atoms with E-state index in [0.717, 1.165) is 22.7 Å². The Morgan fingerprint density at radius 1 is 1.47 bits per heavy atom. The molecule has 0 saturated carbocycles. The van der Waals surface area contributed by atoms with Gasteiger partial charge in [0.05, 0.1) is 4.34 Å². The Labute approximate surface area is 123 Å². The SMILES string of the molecule is CC(=O)c1csc(NS(=O)(=O)c2cc(C)c(Cl)s2)n1. The number of hydrogen-bond donors (Lipinski definition) is 1. The number of aromatic nitrogens is 1. The van der Waals surface area contributed by atoms with Crippen molar-refractivity contribution in [2.45, 2.75) is 18.1 Å². The molecule has 0 fully saturated rings. The molecular formula is C10H9ClN2O3S3. The summed E-state index contributed by atoms with van der Waals surface area (Å²) in [5, 5.41) is 1.67. The first-order valence-corrected chi connectivity index (χ1v) is 8.60. The average molecular weight is 337 g/mol. The minimum atomic E-state index is -3.71. The minimum absolute atomic E-state index is 0.120. The zero-order chi connectivity index (χ0) is 14.2. The highest BCUT2D eigenvalue weighted by Crippen LogP contribution is 2.31. The summed E-state index contributed by atoms with van der Waals surface area (Å²) in [6.45, 7) is 3.10. The number of thiazole rings is 1. The van der Waals surface area contributed by atoms with E-state index in [4.69, 9.17) is 11.6 Å². The van der Waals surface area contributed by atoms with Crippen molar-refractivity contribution in [2.75, 3.05) is 4.72 Å². The van der Waals surface area contributed by atoms with E-state index in [9.17, 15) is 13.2 Å². The molecule has 0 atom stereocenters. The lowest BCUT2D eigenvalue weighted by atomic mass is 10.4. The second-order valence-corrected chi connectivity index (χ2v) is 8.14. The third-order valence-electron chi connectivity index (χ3n) is 2.19.